The van der Waals surface area contributed by atoms with Crippen molar-refractivity contribution >= 4 is 29.1 Å². The van der Waals surface area contributed by atoms with Crippen LogP contribution in [-0.2, 0) is 17.8 Å². The highest BCUT2D eigenvalue weighted by Crippen LogP contribution is 2.31. The second-order valence-corrected chi connectivity index (χ2v) is 7.24. The van der Waals surface area contributed by atoms with Crippen molar-refractivity contribution in [3.8, 4) is 0 Å². The summed E-state index contributed by atoms with van der Waals surface area (Å²) in [6, 6.07) is 13.7. The molecule has 25 heavy (non-hydrogen) atoms. The number of carbonyl (C=O) groups excluding carboxylic acids is 1. The summed E-state index contributed by atoms with van der Waals surface area (Å²) in [4.78, 5) is 14.7. The molecule has 0 aromatic heterocycles. The molecular weight excluding hydrogens is 357 g/mol. The van der Waals surface area contributed by atoms with Gasteiger partial charge in [-0.15, -0.1) is 0 Å². The summed E-state index contributed by atoms with van der Waals surface area (Å²) >= 11 is 12.1. The number of carbonyl (C=O) groups is 1. The van der Waals surface area contributed by atoms with Crippen LogP contribution in [0.4, 0.5) is 0 Å². The fourth-order valence-corrected chi connectivity index (χ4v) is 3.66. The van der Waals surface area contributed by atoms with E-state index in [0.29, 0.717) is 29.4 Å². The average Bonchev–Trinajstić information content (AvgIpc) is 2.63. The van der Waals surface area contributed by atoms with Gasteiger partial charge in [0.15, 0.2) is 0 Å². The summed E-state index contributed by atoms with van der Waals surface area (Å²) in [7, 11) is 0. The van der Waals surface area contributed by atoms with Gasteiger partial charge in [-0.3, -0.25) is 4.79 Å². The molecule has 132 valence electrons. The van der Waals surface area contributed by atoms with E-state index in [1.54, 1.807) is 12.1 Å². The molecule has 5 heteroatoms. The number of aliphatic hydroxyl groups excluding tert-OH is 1. The average molecular weight is 378 g/mol. The number of hydrogen-bond donors (Lipinski definition) is 1. The lowest BCUT2D eigenvalue weighted by Crippen LogP contribution is -2.36. The Kier molecular flexibility index (Phi) is 6.00. The number of fused-ring (bicyclic) bond motifs is 1. The molecular formula is C20H21Cl2NO2. The predicted molar refractivity (Wildman–Crippen MR) is 101 cm³/mol. The molecule has 2 aromatic rings. The van der Waals surface area contributed by atoms with Crippen molar-refractivity contribution in [2.24, 2.45) is 0 Å². The molecule has 0 saturated heterocycles. The third kappa shape index (κ3) is 4.35. The van der Waals surface area contributed by atoms with Crippen LogP contribution in [0.2, 0.25) is 10.0 Å². The van der Waals surface area contributed by atoms with Gasteiger partial charge in [0.05, 0.1) is 10.0 Å². The third-order valence-corrected chi connectivity index (χ3v) is 5.54. The summed E-state index contributed by atoms with van der Waals surface area (Å²) in [5.41, 5.74) is 3.48. The standard InChI is InChI=1S/C20H21Cl2NO2/c21-18-6-5-15(11-19(18)22)16(8-10-24)12-20(25)23-9-7-14-3-1-2-4-17(14)13-23/h1-6,11,16,24H,7-10,12-13H2. The van der Waals surface area contributed by atoms with Gasteiger partial charge in [-0.25, -0.2) is 0 Å². The molecule has 1 N–H and O–H groups in total. The molecule has 3 nitrogen and oxygen atoms in total. The summed E-state index contributed by atoms with van der Waals surface area (Å²) in [6.07, 6.45) is 1.77. The maximum Gasteiger partial charge on any atom is 0.223 e. The molecule has 0 spiro atoms. The third-order valence-electron chi connectivity index (χ3n) is 4.80. The molecule has 0 bridgehead atoms. The van der Waals surface area contributed by atoms with E-state index < -0.39 is 0 Å². The molecule has 1 amide bonds. The van der Waals surface area contributed by atoms with Crippen molar-refractivity contribution in [1.29, 1.82) is 0 Å². The molecule has 1 unspecified atom stereocenters. The molecule has 1 heterocycles. The van der Waals surface area contributed by atoms with Crippen LogP contribution < -0.4 is 0 Å². The Morgan fingerprint density at radius 3 is 2.60 bits per heavy atom. The van der Waals surface area contributed by atoms with Gasteiger partial charge in [0, 0.05) is 26.1 Å². The van der Waals surface area contributed by atoms with Crippen molar-refractivity contribution in [1.82, 2.24) is 4.90 Å². The van der Waals surface area contributed by atoms with E-state index in [-0.39, 0.29) is 18.4 Å². The van der Waals surface area contributed by atoms with Gasteiger partial charge in [0.2, 0.25) is 5.91 Å². The van der Waals surface area contributed by atoms with Crippen LogP contribution in [0.3, 0.4) is 0 Å². The van der Waals surface area contributed by atoms with Crippen LogP contribution in [0.1, 0.15) is 35.4 Å². The molecule has 1 aliphatic rings. The number of aliphatic hydroxyl groups is 1. The Morgan fingerprint density at radius 1 is 1.12 bits per heavy atom. The van der Waals surface area contributed by atoms with Crippen molar-refractivity contribution in [3.63, 3.8) is 0 Å². The highest BCUT2D eigenvalue weighted by molar-refractivity contribution is 6.42. The van der Waals surface area contributed by atoms with E-state index in [1.807, 2.05) is 23.1 Å². The molecule has 0 radical (unpaired) electrons. The smallest absolute Gasteiger partial charge is 0.223 e. The maximum absolute atomic E-state index is 12.8. The van der Waals surface area contributed by atoms with Crippen LogP contribution in [0.5, 0.6) is 0 Å². The minimum atomic E-state index is -0.0653. The van der Waals surface area contributed by atoms with Gasteiger partial charge in [0.25, 0.3) is 0 Å². The van der Waals surface area contributed by atoms with E-state index in [0.717, 1.165) is 18.5 Å². The van der Waals surface area contributed by atoms with Crippen molar-refractivity contribution in [2.75, 3.05) is 13.2 Å². The fourth-order valence-electron chi connectivity index (χ4n) is 3.36. The Labute approximate surface area is 158 Å². The van der Waals surface area contributed by atoms with Crippen LogP contribution in [-0.4, -0.2) is 29.1 Å². The van der Waals surface area contributed by atoms with E-state index in [4.69, 9.17) is 23.2 Å². The number of benzene rings is 2. The molecule has 0 fully saturated rings. The summed E-state index contributed by atoms with van der Waals surface area (Å²) in [5, 5.41) is 10.4. The van der Waals surface area contributed by atoms with Gasteiger partial charge < -0.3 is 10.0 Å². The lowest BCUT2D eigenvalue weighted by molar-refractivity contribution is -0.132. The minimum absolute atomic E-state index is 0.0288. The minimum Gasteiger partial charge on any atom is -0.396 e. The molecule has 0 saturated carbocycles. The quantitative estimate of drug-likeness (QED) is 0.836. The summed E-state index contributed by atoms with van der Waals surface area (Å²) in [5.74, 6) is 0.0449. The number of amides is 1. The van der Waals surface area contributed by atoms with Gasteiger partial charge in [-0.2, -0.15) is 0 Å². The largest absolute Gasteiger partial charge is 0.396 e. The molecule has 1 atom stereocenters. The normalized spacial score (nSPS) is 14.9. The van der Waals surface area contributed by atoms with E-state index in [2.05, 4.69) is 12.1 Å². The van der Waals surface area contributed by atoms with Crippen LogP contribution in [0, 0.1) is 0 Å². The first kappa shape index (κ1) is 18.2. The second kappa shape index (κ2) is 8.22. The van der Waals surface area contributed by atoms with Crippen molar-refractivity contribution < 1.29 is 9.90 Å². The van der Waals surface area contributed by atoms with Crippen LogP contribution in [0.25, 0.3) is 0 Å². The maximum atomic E-state index is 12.8. The van der Waals surface area contributed by atoms with E-state index in [1.165, 1.54) is 11.1 Å². The lowest BCUT2D eigenvalue weighted by atomic mass is 9.91. The van der Waals surface area contributed by atoms with Crippen molar-refractivity contribution in [3.05, 3.63) is 69.2 Å². The Hall–Kier alpha value is -1.55. The van der Waals surface area contributed by atoms with Crippen LogP contribution >= 0.6 is 23.2 Å². The second-order valence-electron chi connectivity index (χ2n) is 6.42. The Balaban J connectivity index is 1.72. The number of nitrogens with zero attached hydrogens (tertiary/aromatic N) is 1. The lowest BCUT2D eigenvalue weighted by Gasteiger charge is -2.30. The number of halogens is 2. The zero-order valence-corrected chi connectivity index (χ0v) is 15.4. The zero-order chi connectivity index (χ0) is 17.8. The highest BCUT2D eigenvalue weighted by atomic mass is 35.5. The molecule has 1 aliphatic heterocycles. The fraction of sp³-hybridized carbons (Fsp3) is 0.350. The Bertz CT molecular complexity index is 763. The van der Waals surface area contributed by atoms with E-state index >= 15 is 0 Å². The summed E-state index contributed by atoms with van der Waals surface area (Å²) < 4.78 is 0. The monoisotopic (exact) mass is 377 g/mol. The molecule has 0 aliphatic carbocycles. The first-order valence-corrected chi connectivity index (χ1v) is 9.24. The summed E-state index contributed by atoms with van der Waals surface area (Å²) in [6.45, 7) is 1.42. The van der Waals surface area contributed by atoms with Gasteiger partial charge in [0.1, 0.15) is 0 Å². The van der Waals surface area contributed by atoms with Gasteiger partial charge in [-0.05, 0) is 47.6 Å². The zero-order valence-electron chi connectivity index (χ0n) is 13.9. The van der Waals surface area contributed by atoms with Gasteiger partial charge >= 0.3 is 0 Å². The SMILES string of the molecule is O=C(CC(CCO)c1ccc(Cl)c(Cl)c1)N1CCc2ccccc2C1. The van der Waals surface area contributed by atoms with Gasteiger partial charge in [-0.1, -0.05) is 53.5 Å². The van der Waals surface area contributed by atoms with Crippen LogP contribution in [0.15, 0.2) is 42.5 Å². The van der Waals surface area contributed by atoms with Crippen molar-refractivity contribution in [2.45, 2.75) is 31.7 Å². The topological polar surface area (TPSA) is 40.5 Å². The first-order chi connectivity index (χ1) is 12.1. The molecule has 3 rings (SSSR count). The Morgan fingerprint density at radius 2 is 1.88 bits per heavy atom. The number of rotatable bonds is 5. The number of hydrogen-bond acceptors (Lipinski definition) is 2. The predicted octanol–water partition coefficient (Wildman–Crippen LogP) is 4.43. The highest BCUT2D eigenvalue weighted by Gasteiger charge is 2.24. The first-order valence-electron chi connectivity index (χ1n) is 8.49. The molecule has 2 aromatic carbocycles. The van der Waals surface area contributed by atoms with E-state index in [9.17, 15) is 9.90 Å².